The van der Waals surface area contributed by atoms with Crippen molar-refractivity contribution in [1.82, 2.24) is 4.90 Å². The minimum Gasteiger partial charge on any atom is -0.486 e. The molecular formula is C21H23N3O4. The molecule has 1 saturated heterocycles. The predicted octanol–water partition coefficient (Wildman–Crippen LogP) is 2.96. The Morgan fingerprint density at radius 3 is 2.46 bits per heavy atom. The first-order valence-electron chi connectivity index (χ1n) is 9.34. The molecule has 0 saturated carbocycles. The highest BCUT2D eigenvalue weighted by molar-refractivity contribution is 5.99. The molecule has 7 heteroatoms. The van der Waals surface area contributed by atoms with Gasteiger partial charge in [-0.25, -0.2) is 4.79 Å². The minimum atomic E-state index is -0.206. The van der Waals surface area contributed by atoms with Gasteiger partial charge in [0.15, 0.2) is 11.5 Å². The fourth-order valence-corrected chi connectivity index (χ4v) is 3.59. The first-order chi connectivity index (χ1) is 13.5. The summed E-state index contributed by atoms with van der Waals surface area (Å²) in [4.78, 5) is 28.4. The molecule has 28 heavy (non-hydrogen) atoms. The number of carbonyl (C=O) groups is 2. The van der Waals surface area contributed by atoms with E-state index in [0.29, 0.717) is 37.8 Å². The quantitative estimate of drug-likeness (QED) is 0.884. The molecule has 0 spiro atoms. The summed E-state index contributed by atoms with van der Waals surface area (Å²) in [6, 6.07) is 11.1. The van der Waals surface area contributed by atoms with Crippen molar-refractivity contribution in [3.05, 3.63) is 47.5 Å². The molecule has 1 N–H and O–H groups in total. The van der Waals surface area contributed by atoms with E-state index in [4.69, 9.17) is 9.47 Å². The first kappa shape index (κ1) is 18.2. The van der Waals surface area contributed by atoms with Gasteiger partial charge in [0.2, 0.25) is 5.91 Å². The van der Waals surface area contributed by atoms with Gasteiger partial charge in [-0.05, 0) is 49.2 Å². The lowest BCUT2D eigenvalue weighted by Crippen LogP contribution is -2.37. The summed E-state index contributed by atoms with van der Waals surface area (Å²) in [5.74, 6) is 1.12. The largest absolute Gasteiger partial charge is 0.486 e. The average molecular weight is 381 g/mol. The van der Waals surface area contributed by atoms with Crippen molar-refractivity contribution in [1.29, 1.82) is 0 Å². The summed E-state index contributed by atoms with van der Waals surface area (Å²) < 4.78 is 11.1. The van der Waals surface area contributed by atoms with Crippen LogP contribution >= 0.6 is 0 Å². The molecule has 0 aliphatic carbocycles. The molecule has 2 aromatic rings. The highest BCUT2D eigenvalue weighted by Crippen LogP contribution is 2.35. The van der Waals surface area contributed by atoms with E-state index in [1.807, 2.05) is 50.2 Å². The zero-order valence-corrected chi connectivity index (χ0v) is 16.0. The number of hydrogen-bond donors (Lipinski definition) is 1. The number of nitrogens with one attached hydrogen (secondary N) is 1. The molecule has 2 aliphatic heterocycles. The van der Waals surface area contributed by atoms with Crippen LogP contribution in [0.4, 0.5) is 16.2 Å². The van der Waals surface area contributed by atoms with Gasteiger partial charge in [0.1, 0.15) is 19.8 Å². The number of aryl methyl sites for hydroxylation is 2. The maximum Gasteiger partial charge on any atom is 0.325 e. The van der Waals surface area contributed by atoms with E-state index in [1.54, 1.807) is 9.80 Å². The third-order valence-electron chi connectivity index (χ3n) is 4.77. The Kier molecular flexibility index (Phi) is 4.81. The van der Waals surface area contributed by atoms with Crippen LogP contribution in [0.3, 0.4) is 0 Å². The Balaban J connectivity index is 1.41. The number of nitrogens with zero attached hydrogens (tertiary/aromatic N) is 2. The molecule has 0 aromatic heterocycles. The number of hydrogen-bond acceptors (Lipinski definition) is 4. The molecule has 2 aliphatic rings. The van der Waals surface area contributed by atoms with Gasteiger partial charge in [0, 0.05) is 30.5 Å². The van der Waals surface area contributed by atoms with Gasteiger partial charge in [-0.3, -0.25) is 9.69 Å². The second-order valence-electron chi connectivity index (χ2n) is 7.11. The summed E-state index contributed by atoms with van der Waals surface area (Å²) in [5.41, 5.74) is 3.65. The van der Waals surface area contributed by atoms with E-state index in [-0.39, 0.29) is 18.5 Å². The van der Waals surface area contributed by atoms with E-state index in [1.165, 1.54) is 0 Å². The molecule has 0 unspecified atom stereocenters. The van der Waals surface area contributed by atoms with Crippen LogP contribution in [0.1, 0.15) is 11.1 Å². The summed E-state index contributed by atoms with van der Waals surface area (Å²) in [7, 11) is 0. The van der Waals surface area contributed by atoms with Gasteiger partial charge in [-0.2, -0.15) is 0 Å². The summed E-state index contributed by atoms with van der Waals surface area (Å²) in [5, 5.41) is 2.88. The zero-order chi connectivity index (χ0) is 19.7. The van der Waals surface area contributed by atoms with Gasteiger partial charge in [-0.15, -0.1) is 0 Å². The van der Waals surface area contributed by atoms with E-state index in [2.05, 4.69) is 5.32 Å². The lowest BCUT2D eigenvalue weighted by Gasteiger charge is -2.22. The van der Waals surface area contributed by atoms with Gasteiger partial charge >= 0.3 is 6.03 Å². The average Bonchev–Trinajstić information content (AvgIpc) is 3.00. The lowest BCUT2D eigenvalue weighted by atomic mass is 10.1. The number of urea groups is 1. The number of ether oxygens (including phenoxy) is 2. The maximum absolute atomic E-state index is 12.8. The third kappa shape index (κ3) is 3.74. The highest BCUT2D eigenvalue weighted by Gasteiger charge is 2.31. The molecule has 2 aromatic carbocycles. The van der Waals surface area contributed by atoms with Crippen LogP contribution in [0, 0.1) is 13.8 Å². The molecule has 4 rings (SSSR count). The first-order valence-corrected chi connectivity index (χ1v) is 9.34. The van der Waals surface area contributed by atoms with Crippen LogP contribution < -0.4 is 19.7 Å². The number of benzene rings is 2. The lowest BCUT2D eigenvalue weighted by molar-refractivity contribution is -0.116. The van der Waals surface area contributed by atoms with Crippen molar-refractivity contribution >= 4 is 23.3 Å². The van der Waals surface area contributed by atoms with Gasteiger partial charge < -0.3 is 19.7 Å². The minimum absolute atomic E-state index is 0.0207. The van der Waals surface area contributed by atoms with Crippen LogP contribution in [-0.4, -0.2) is 49.7 Å². The monoisotopic (exact) mass is 381 g/mol. The Bertz CT molecular complexity index is 908. The molecule has 0 bridgehead atoms. The van der Waals surface area contributed by atoms with Crippen LogP contribution in [0.25, 0.3) is 0 Å². The van der Waals surface area contributed by atoms with Crippen LogP contribution in [0.5, 0.6) is 11.5 Å². The predicted molar refractivity (Wildman–Crippen MR) is 106 cm³/mol. The van der Waals surface area contributed by atoms with Crippen molar-refractivity contribution in [2.45, 2.75) is 13.8 Å². The Morgan fingerprint density at radius 2 is 1.71 bits per heavy atom. The molecule has 0 atom stereocenters. The zero-order valence-electron chi connectivity index (χ0n) is 16.0. The summed E-state index contributed by atoms with van der Waals surface area (Å²) >= 11 is 0. The van der Waals surface area contributed by atoms with Gasteiger partial charge in [0.25, 0.3) is 0 Å². The van der Waals surface area contributed by atoms with E-state index in [9.17, 15) is 9.59 Å². The fourth-order valence-electron chi connectivity index (χ4n) is 3.59. The highest BCUT2D eigenvalue weighted by atomic mass is 16.6. The molecular weight excluding hydrogens is 358 g/mol. The number of anilines is 2. The second-order valence-corrected chi connectivity index (χ2v) is 7.11. The van der Waals surface area contributed by atoms with Crippen molar-refractivity contribution in [3.8, 4) is 11.5 Å². The Hall–Kier alpha value is -3.22. The molecule has 0 radical (unpaired) electrons. The SMILES string of the molecule is Cc1cc(C)cc(NC(=O)CN2CCN(c3ccc4c(c3)OCCO4)C2=O)c1. The van der Waals surface area contributed by atoms with E-state index < -0.39 is 0 Å². The third-order valence-corrected chi connectivity index (χ3v) is 4.77. The number of amides is 3. The topological polar surface area (TPSA) is 71.1 Å². The standard InChI is InChI=1S/C21H23N3O4/c1-14-9-15(2)11-16(10-14)22-20(25)13-23-5-6-24(21(23)26)17-3-4-18-19(12-17)28-8-7-27-18/h3-4,9-12H,5-8,13H2,1-2H3,(H,22,25). The van der Waals surface area contributed by atoms with Gasteiger partial charge in [0.05, 0.1) is 0 Å². The summed E-state index contributed by atoms with van der Waals surface area (Å²) in [6.45, 7) is 6.03. The van der Waals surface area contributed by atoms with Crippen molar-refractivity contribution in [2.24, 2.45) is 0 Å². The van der Waals surface area contributed by atoms with Crippen LogP contribution in [0.15, 0.2) is 36.4 Å². The smallest absolute Gasteiger partial charge is 0.325 e. The van der Waals surface area contributed by atoms with Crippen LogP contribution in [-0.2, 0) is 4.79 Å². The number of carbonyl (C=O) groups excluding carboxylic acids is 2. The fraction of sp³-hybridized carbons (Fsp3) is 0.333. The number of rotatable bonds is 4. The summed E-state index contributed by atoms with van der Waals surface area (Å²) in [6.07, 6.45) is 0. The number of fused-ring (bicyclic) bond motifs is 1. The van der Waals surface area contributed by atoms with Crippen molar-refractivity contribution < 1.29 is 19.1 Å². The Labute approximate surface area is 163 Å². The normalized spacial score (nSPS) is 15.7. The van der Waals surface area contributed by atoms with E-state index in [0.717, 1.165) is 22.5 Å². The molecule has 7 nitrogen and oxygen atoms in total. The molecule has 3 amide bonds. The van der Waals surface area contributed by atoms with E-state index >= 15 is 0 Å². The molecule has 2 heterocycles. The molecule has 1 fully saturated rings. The van der Waals surface area contributed by atoms with Crippen molar-refractivity contribution in [2.75, 3.05) is 43.1 Å². The Morgan fingerprint density at radius 1 is 1.00 bits per heavy atom. The van der Waals surface area contributed by atoms with Crippen LogP contribution in [0.2, 0.25) is 0 Å². The van der Waals surface area contributed by atoms with Gasteiger partial charge in [-0.1, -0.05) is 6.07 Å². The second kappa shape index (κ2) is 7.42. The molecule has 146 valence electrons. The van der Waals surface area contributed by atoms with Crippen molar-refractivity contribution in [3.63, 3.8) is 0 Å². The maximum atomic E-state index is 12.8.